The molecule has 1 aromatic carbocycles. The maximum Gasteiger partial charge on any atom is 0.222 e. The molecule has 0 radical (unpaired) electrons. The highest BCUT2D eigenvalue weighted by molar-refractivity contribution is 5.76. The van der Waals surface area contributed by atoms with Gasteiger partial charge in [-0.1, -0.05) is 30.3 Å². The SMILES string of the molecule is Cc1[nH]ncc1CNC(=O)CC(N)c1ccccc1. The molecule has 0 aliphatic carbocycles. The Balaban J connectivity index is 1.83. The highest BCUT2D eigenvalue weighted by atomic mass is 16.1. The Morgan fingerprint density at radius 3 is 2.79 bits per heavy atom. The molecule has 100 valence electrons. The molecule has 1 amide bonds. The summed E-state index contributed by atoms with van der Waals surface area (Å²) in [5, 5.41) is 9.59. The molecular formula is C14H18N4O. The molecule has 1 aromatic heterocycles. The van der Waals surface area contributed by atoms with Crippen molar-refractivity contribution in [2.75, 3.05) is 0 Å². The first-order valence-electron chi connectivity index (χ1n) is 6.23. The molecule has 2 aromatic rings. The lowest BCUT2D eigenvalue weighted by molar-refractivity contribution is -0.121. The van der Waals surface area contributed by atoms with Gasteiger partial charge in [-0.3, -0.25) is 9.89 Å². The topological polar surface area (TPSA) is 83.8 Å². The van der Waals surface area contributed by atoms with Gasteiger partial charge in [0.1, 0.15) is 0 Å². The first-order valence-corrected chi connectivity index (χ1v) is 6.23. The van der Waals surface area contributed by atoms with E-state index >= 15 is 0 Å². The van der Waals surface area contributed by atoms with Crippen molar-refractivity contribution in [1.82, 2.24) is 15.5 Å². The zero-order valence-electron chi connectivity index (χ0n) is 10.9. The molecule has 0 spiro atoms. The summed E-state index contributed by atoms with van der Waals surface area (Å²) in [4.78, 5) is 11.8. The van der Waals surface area contributed by atoms with Crippen LogP contribution >= 0.6 is 0 Å². The van der Waals surface area contributed by atoms with E-state index in [9.17, 15) is 4.79 Å². The number of nitrogens with two attached hydrogens (primary N) is 1. The molecule has 0 fully saturated rings. The number of hydrogen-bond acceptors (Lipinski definition) is 3. The van der Waals surface area contributed by atoms with Crippen LogP contribution < -0.4 is 11.1 Å². The number of carbonyl (C=O) groups excluding carboxylic acids is 1. The number of benzene rings is 1. The van der Waals surface area contributed by atoms with Gasteiger partial charge in [-0.15, -0.1) is 0 Å². The molecule has 0 bridgehead atoms. The number of aromatic amines is 1. The van der Waals surface area contributed by atoms with E-state index in [2.05, 4.69) is 15.5 Å². The van der Waals surface area contributed by atoms with Crippen molar-refractivity contribution < 1.29 is 4.79 Å². The van der Waals surface area contributed by atoms with Crippen molar-refractivity contribution in [3.05, 3.63) is 53.3 Å². The van der Waals surface area contributed by atoms with E-state index in [0.29, 0.717) is 6.54 Å². The number of amides is 1. The minimum atomic E-state index is -0.272. The van der Waals surface area contributed by atoms with Crippen LogP contribution in [0, 0.1) is 6.92 Å². The summed E-state index contributed by atoms with van der Waals surface area (Å²) in [5.41, 5.74) is 8.92. The Kier molecular flexibility index (Phi) is 4.30. The molecule has 4 N–H and O–H groups in total. The number of aryl methyl sites for hydroxylation is 1. The molecule has 1 heterocycles. The molecule has 1 unspecified atom stereocenters. The summed E-state index contributed by atoms with van der Waals surface area (Å²) in [6.07, 6.45) is 1.99. The second kappa shape index (κ2) is 6.15. The standard InChI is InChI=1S/C14H18N4O/c1-10-12(9-17-18-10)8-16-14(19)7-13(15)11-5-3-2-4-6-11/h2-6,9,13H,7-8,15H2,1H3,(H,16,19)(H,17,18). The average molecular weight is 258 g/mol. The lowest BCUT2D eigenvalue weighted by atomic mass is 10.0. The van der Waals surface area contributed by atoms with Gasteiger partial charge in [0.25, 0.3) is 0 Å². The summed E-state index contributed by atoms with van der Waals surface area (Å²) >= 11 is 0. The second-order valence-electron chi connectivity index (χ2n) is 4.52. The van der Waals surface area contributed by atoms with Crippen LogP contribution in [0.4, 0.5) is 0 Å². The number of nitrogens with one attached hydrogen (secondary N) is 2. The molecular weight excluding hydrogens is 240 g/mol. The third-order valence-corrected chi connectivity index (χ3v) is 3.04. The van der Waals surface area contributed by atoms with Gasteiger partial charge in [0.2, 0.25) is 5.91 Å². The van der Waals surface area contributed by atoms with Crippen LogP contribution in [0.5, 0.6) is 0 Å². The van der Waals surface area contributed by atoms with Gasteiger partial charge in [0.15, 0.2) is 0 Å². The molecule has 0 saturated heterocycles. The third-order valence-electron chi connectivity index (χ3n) is 3.04. The van der Waals surface area contributed by atoms with E-state index in [-0.39, 0.29) is 18.4 Å². The highest BCUT2D eigenvalue weighted by Crippen LogP contribution is 2.13. The van der Waals surface area contributed by atoms with Gasteiger partial charge in [-0.05, 0) is 12.5 Å². The minimum Gasteiger partial charge on any atom is -0.352 e. The van der Waals surface area contributed by atoms with E-state index in [1.165, 1.54) is 0 Å². The average Bonchev–Trinajstić information content (AvgIpc) is 2.83. The highest BCUT2D eigenvalue weighted by Gasteiger charge is 2.11. The first kappa shape index (κ1) is 13.3. The van der Waals surface area contributed by atoms with E-state index in [0.717, 1.165) is 16.8 Å². The summed E-state index contributed by atoms with van der Waals surface area (Å²) in [7, 11) is 0. The van der Waals surface area contributed by atoms with Gasteiger partial charge in [0, 0.05) is 30.3 Å². The quantitative estimate of drug-likeness (QED) is 0.758. The largest absolute Gasteiger partial charge is 0.352 e. The van der Waals surface area contributed by atoms with Crippen LogP contribution in [0.15, 0.2) is 36.5 Å². The van der Waals surface area contributed by atoms with E-state index in [4.69, 9.17) is 5.73 Å². The van der Waals surface area contributed by atoms with E-state index < -0.39 is 0 Å². The van der Waals surface area contributed by atoms with Crippen molar-refractivity contribution in [3.63, 3.8) is 0 Å². The van der Waals surface area contributed by atoms with Gasteiger partial charge >= 0.3 is 0 Å². The van der Waals surface area contributed by atoms with Crippen LogP contribution in [0.25, 0.3) is 0 Å². The van der Waals surface area contributed by atoms with E-state index in [1.807, 2.05) is 37.3 Å². The second-order valence-corrected chi connectivity index (χ2v) is 4.52. The lowest BCUT2D eigenvalue weighted by Crippen LogP contribution is -2.27. The van der Waals surface area contributed by atoms with E-state index in [1.54, 1.807) is 6.20 Å². The Bertz CT molecular complexity index is 535. The Morgan fingerprint density at radius 1 is 1.42 bits per heavy atom. The zero-order chi connectivity index (χ0) is 13.7. The molecule has 0 saturated carbocycles. The molecule has 2 rings (SSSR count). The van der Waals surface area contributed by atoms with Crippen molar-refractivity contribution in [1.29, 1.82) is 0 Å². The summed E-state index contributed by atoms with van der Waals surface area (Å²) < 4.78 is 0. The Labute approximate surface area is 112 Å². The zero-order valence-corrected chi connectivity index (χ0v) is 10.9. The van der Waals surface area contributed by atoms with Gasteiger partial charge < -0.3 is 11.1 Å². The van der Waals surface area contributed by atoms with Crippen LogP contribution in [-0.4, -0.2) is 16.1 Å². The van der Waals surface area contributed by atoms with Gasteiger partial charge in [-0.2, -0.15) is 5.10 Å². The van der Waals surface area contributed by atoms with Crippen molar-refractivity contribution >= 4 is 5.91 Å². The van der Waals surface area contributed by atoms with Gasteiger partial charge in [-0.25, -0.2) is 0 Å². The first-order chi connectivity index (χ1) is 9.16. The fraction of sp³-hybridized carbons (Fsp3) is 0.286. The number of aromatic nitrogens is 2. The predicted molar refractivity (Wildman–Crippen MR) is 73.2 cm³/mol. The Hall–Kier alpha value is -2.14. The number of carbonyl (C=O) groups is 1. The van der Waals surface area contributed by atoms with Crippen LogP contribution in [-0.2, 0) is 11.3 Å². The summed E-state index contributed by atoms with van der Waals surface area (Å²) in [6.45, 7) is 2.40. The summed E-state index contributed by atoms with van der Waals surface area (Å²) in [6, 6.07) is 9.35. The molecule has 5 heteroatoms. The summed E-state index contributed by atoms with van der Waals surface area (Å²) in [5.74, 6) is -0.0584. The van der Waals surface area contributed by atoms with Crippen LogP contribution in [0.1, 0.15) is 29.3 Å². The van der Waals surface area contributed by atoms with Crippen LogP contribution in [0.2, 0.25) is 0 Å². The number of nitrogens with zero attached hydrogens (tertiary/aromatic N) is 1. The van der Waals surface area contributed by atoms with Gasteiger partial charge in [0.05, 0.1) is 6.20 Å². The van der Waals surface area contributed by atoms with Crippen molar-refractivity contribution in [3.8, 4) is 0 Å². The third kappa shape index (κ3) is 3.66. The fourth-order valence-corrected chi connectivity index (χ4v) is 1.84. The van der Waals surface area contributed by atoms with Crippen molar-refractivity contribution in [2.45, 2.75) is 25.9 Å². The lowest BCUT2D eigenvalue weighted by Gasteiger charge is -2.11. The monoisotopic (exact) mass is 258 g/mol. The maximum atomic E-state index is 11.8. The number of hydrogen-bond donors (Lipinski definition) is 3. The van der Waals surface area contributed by atoms with Crippen LogP contribution in [0.3, 0.4) is 0 Å². The minimum absolute atomic E-state index is 0.0584. The molecule has 1 atom stereocenters. The van der Waals surface area contributed by atoms with Crippen molar-refractivity contribution in [2.24, 2.45) is 5.73 Å². The smallest absolute Gasteiger partial charge is 0.222 e. The normalized spacial score (nSPS) is 12.1. The molecule has 5 nitrogen and oxygen atoms in total. The predicted octanol–water partition coefficient (Wildman–Crippen LogP) is 1.42. The number of H-pyrrole nitrogens is 1. The number of rotatable bonds is 5. The molecule has 0 aliphatic rings. The molecule has 0 aliphatic heterocycles. The maximum absolute atomic E-state index is 11.8. The Morgan fingerprint density at radius 2 is 2.16 bits per heavy atom. The molecule has 19 heavy (non-hydrogen) atoms. The fourth-order valence-electron chi connectivity index (χ4n) is 1.84.